The zero-order valence-electron chi connectivity index (χ0n) is 8.98. The smallest absolute Gasteiger partial charge is 0.282 e. The Hall–Kier alpha value is -1.42. The van der Waals surface area contributed by atoms with Gasteiger partial charge in [0.15, 0.2) is 0 Å². The average Bonchev–Trinajstić information content (AvgIpc) is 2.65. The number of anilines is 1. The third-order valence-electron chi connectivity index (χ3n) is 2.49. The summed E-state index contributed by atoms with van der Waals surface area (Å²) in [4.78, 5) is 4.18. The summed E-state index contributed by atoms with van der Waals surface area (Å²) in [7, 11) is 0. The lowest BCUT2D eigenvalue weighted by molar-refractivity contribution is 0.305. The van der Waals surface area contributed by atoms with Crippen molar-refractivity contribution in [2.45, 2.75) is 19.0 Å². The Morgan fingerprint density at radius 2 is 2.44 bits per heavy atom. The van der Waals surface area contributed by atoms with Gasteiger partial charge in [-0.3, -0.25) is 0 Å². The van der Waals surface area contributed by atoms with Crippen molar-refractivity contribution >= 4 is 23.3 Å². The predicted molar refractivity (Wildman–Crippen MR) is 65.9 cm³/mol. The summed E-state index contributed by atoms with van der Waals surface area (Å²) >= 11 is 5.90. The Balaban J connectivity index is 1.99. The van der Waals surface area contributed by atoms with Crippen molar-refractivity contribution in [2.24, 2.45) is 10.7 Å². The Bertz CT molecular complexity index is 408. The molecule has 0 amide bonds. The fourth-order valence-corrected chi connectivity index (χ4v) is 1.79. The van der Waals surface area contributed by atoms with Crippen LogP contribution in [0.4, 0.5) is 5.69 Å². The zero-order valence-corrected chi connectivity index (χ0v) is 9.74. The van der Waals surface area contributed by atoms with Crippen LogP contribution in [0.3, 0.4) is 0 Å². The quantitative estimate of drug-likeness (QED) is 0.847. The number of hydrogen-bond acceptors (Lipinski definition) is 4. The molecule has 0 spiro atoms. The monoisotopic (exact) mass is 239 g/mol. The second-order valence-electron chi connectivity index (χ2n) is 3.79. The molecule has 2 unspecified atom stereocenters. The van der Waals surface area contributed by atoms with Crippen LogP contribution in [0.15, 0.2) is 29.3 Å². The summed E-state index contributed by atoms with van der Waals surface area (Å²) in [6.45, 7) is 2.57. The molecule has 0 aromatic heterocycles. The first-order valence-electron chi connectivity index (χ1n) is 5.13. The minimum atomic E-state index is 0.0546. The molecule has 1 aliphatic rings. The van der Waals surface area contributed by atoms with Gasteiger partial charge in [-0.25, -0.2) is 4.99 Å². The first-order chi connectivity index (χ1) is 7.65. The Morgan fingerprint density at radius 3 is 3.06 bits per heavy atom. The van der Waals surface area contributed by atoms with E-state index < -0.39 is 0 Å². The summed E-state index contributed by atoms with van der Waals surface area (Å²) in [5, 5.41) is 4.03. The van der Waals surface area contributed by atoms with Crippen LogP contribution in [0, 0.1) is 0 Å². The standard InChI is InChI=1S/C11H14ClN3O/c1-7(10-6-16-11(13)15-10)14-9-4-2-3-8(12)5-9/h2-5,7,10,14H,6H2,1H3,(H2,13,15). The summed E-state index contributed by atoms with van der Waals surface area (Å²) in [6, 6.07) is 8.06. The van der Waals surface area contributed by atoms with Crippen LogP contribution in [0.5, 0.6) is 0 Å². The van der Waals surface area contributed by atoms with Gasteiger partial charge in [-0.1, -0.05) is 17.7 Å². The molecule has 1 aromatic rings. The van der Waals surface area contributed by atoms with Gasteiger partial charge in [-0.05, 0) is 25.1 Å². The second kappa shape index (κ2) is 4.61. The molecule has 0 fully saturated rings. The van der Waals surface area contributed by atoms with E-state index in [1.54, 1.807) is 0 Å². The molecule has 0 bridgehead atoms. The molecular weight excluding hydrogens is 226 g/mol. The highest BCUT2D eigenvalue weighted by Crippen LogP contribution is 2.18. The highest BCUT2D eigenvalue weighted by Gasteiger charge is 2.22. The third-order valence-corrected chi connectivity index (χ3v) is 2.73. The summed E-state index contributed by atoms with van der Waals surface area (Å²) in [5.41, 5.74) is 6.43. The maximum absolute atomic E-state index is 5.90. The number of halogens is 1. The van der Waals surface area contributed by atoms with Crippen molar-refractivity contribution in [1.82, 2.24) is 0 Å². The van der Waals surface area contributed by atoms with Gasteiger partial charge < -0.3 is 15.8 Å². The highest BCUT2D eigenvalue weighted by molar-refractivity contribution is 6.30. The minimum Gasteiger partial charge on any atom is -0.463 e. The summed E-state index contributed by atoms with van der Waals surface area (Å²) < 4.78 is 5.11. The topological polar surface area (TPSA) is 59.6 Å². The third kappa shape index (κ3) is 2.58. The number of hydrogen-bond donors (Lipinski definition) is 2. The van der Waals surface area contributed by atoms with E-state index in [1.165, 1.54) is 0 Å². The number of nitrogens with zero attached hydrogens (tertiary/aromatic N) is 1. The van der Waals surface area contributed by atoms with E-state index in [4.69, 9.17) is 22.1 Å². The molecule has 1 aromatic carbocycles. The van der Waals surface area contributed by atoms with Crippen LogP contribution >= 0.6 is 11.6 Å². The molecule has 3 N–H and O–H groups in total. The van der Waals surface area contributed by atoms with Crippen LogP contribution in [-0.2, 0) is 4.74 Å². The molecule has 1 aliphatic heterocycles. The SMILES string of the molecule is CC(Nc1cccc(Cl)c1)C1COC(N)=N1. The molecule has 0 aliphatic carbocycles. The fourth-order valence-electron chi connectivity index (χ4n) is 1.60. The Morgan fingerprint density at radius 1 is 1.62 bits per heavy atom. The van der Waals surface area contributed by atoms with Gasteiger partial charge in [0.05, 0.1) is 0 Å². The number of amidine groups is 1. The van der Waals surface area contributed by atoms with Gasteiger partial charge in [0.2, 0.25) is 0 Å². The molecular formula is C11H14ClN3O. The zero-order chi connectivity index (χ0) is 11.5. The number of ether oxygens (including phenoxy) is 1. The number of nitrogens with two attached hydrogens (primary N) is 1. The van der Waals surface area contributed by atoms with E-state index in [1.807, 2.05) is 31.2 Å². The van der Waals surface area contributed by atoms with E-state index in [9.17, 15) is 0 Å². The van der Waals surface area contributed by atoms with E-state index in [2.05, 4.69) is 10.3 Å². The van der Waals surface area contributed by atoms with Crippen molar-refractivity contribution in [3.05, 3.63) is 29.3 Å². The Labute approximate surface area is 99.5 Å². The maximum atomic E-state index is 5.90. The Kier molecular flexibility index (Phi) is 3.19. The van der Waals surface area contributed by atoms with Gasteiger partial charge in [0.25, 0.3) is 6.02 Å². The van der Waals surface area contributed by atoms with Crippen LogP contribution in [0.2, 0.25) is 5.02 Å². The molecule has 0 radical (unpaired) electrons. The molecule has 0 saturated carbocycles. The first-order valence-corrected chi connectivity index (χ1v) is 5.51. The van der Waals surface area contributed by atoms with Crippen molar-refractivity contribution in [3.63, 3.8) is 0 Å². The largest absolute Gasteiger partial charge is 0.463 e. The number of aliphatic imine (C=N–C) groups is 1. The lowest BCUT2D eigenvalue weighted by atomic mass is 10.1. The molecule has 4 nitrogen and oxygen atoms in total. The second-order valence-corrected chi connectivity index (χ2v) is 4.23. The van der Waals surface area contributed by atoms with Crippen molar-refractivity contribution in [1.29, 1.82) is 0 Å². The van der Waals surface area contributed by atoms with Crippen molar-refractivity contribution in [2.75, 3.05) is 11.9 Å². The van der Waals surface area contributed by atoms with Gasteiger partial charge >= 0.3 is 0 Å². The fraction of sp³-hybridized carbons (Fsp3) is 0.364. The number of rotatable bonds is 3. The van der Waals surface area contributed by atoms with Gasteiger partial charge in [-0.2, -0.15) is 0 Å². The lowest BCUT2D eigenvalue weighted by Crippen LogP contribution is -2.30. The van der Waals surface area contributed by atoms with Gasteiger partial charge in [-0.15, -0.1) is 0 Å². The van der Waals surface area contributed by atoms with Crippen molar-refractivity contribution in [3.8, 4) is 0 Å². The highest BCUT2D eigenvalue weighted by atomic mass is 35.5. The maximum Gasteiger partial charge on any atom is 0.282 e. The molecule has 2 rings (SSSR count). The van der Waals surface area contributed by atoms with Crippen LogP contribution in [0.1, 0.15) is 6.92 Å². The molecule has 86 valence electrons. The first kappa shape index (κ1) is 11.1. The van der Waals surface area contributed by atoms with Crippen LogP contribution in [0.25, 0.3) is 0 Å². The van der Waals surface area contributed by atoms with Crippen molar-refractivity contribution < 1.29 is 4.74 Å². The number of nitrogens with one attached hydrogen (secondary N) is 1. The number of benzene rings is 1. The van der Waals surface area contributed by atoms with Crippen LogP contribution in [-0.4, -0.2) is 24.7 Å². The predicted octanol–water partition coefficient (Wildman–Crippen LogP) is 1.85. The van der Waals surface area contributed by atoms with E-state index >= 15 is 0 Å². The minimum absolute atomic E-state index is 0.0546. The van der Waals surface area contributed by atoms with E-state index in [0.717, 1.165) is 5.69 Å². The molecule has 2 atom stereocenters. The summed E-state index contributed by atoms with van der Waals surface area (Å²) in [5.74, 6) is 0. The lowest BCUT2D eigenvalue weighted by Gasteiger charge is -2.18. The van der Waals surface area contributed by atoms with E-state index in [0.29, 0.717) is 11.6 Å². The van der Waals surface area contributed by atoms with Gasteiger partial charge in [0.1, 0.15) is 12.6 Å². The molecule has 16 heavy (non-hydrogen) atoms. The van der Waals surface area contributed by atoms with Crippen LogP contribution < -0.4 is 11.1 Å². The summed E-state index contributed by atoms with van der Waals surface area (Å²) in [6.07, 6.45) is 0. The molecule has 5 heteroatoms. The average molecular weight is 240 g/mol. The molecule has 0 saturated heterocycles. The molecule has 1 heterocycles. The van der Waals surface area contributed by atoms with E-state index in [-0.39, 0.29) is 18.1 Å². The van der Waals surface area contributed by atoms with Gasteiger partial charge in [0, 0.05) is 16.8 Å². The normalized spacial score (nSPS) is 21.1.